The summed E-state index contributed by atoms with van der Waals surface area (Å²) in [5.41, 5.74) is 44.5. The van der Waals surface area contributed by atoms with Crippen molar-refractivity contribution in [3.8, 4) is 134 Å². The Morgan fingerprint density at radius 2 is 0.552 bits per heavy atom. The molecule has 0 N–H and O–H groups in total. The minimum atomic E-state index is 0.275. The van der Waals surface area contributed by atoms with Crippen molar-refractivity contribution in [2.45, 2.75) is 82.6 Å². The van der Waals surface area contributed by atoms with E-state index in [4.69, 9.17) is 0 Å². The second-order valence-electron chi connectivity index (χ2n) is 31.3. The topological polar surface area (TPSA) is 15.5 Å². The van der Waals surface area contributed by atoms with E-state index in [-0.39, 0.29) is 5.41 Å². The van der Waals surface area contributed by atoms with E-state index < -0.39 is 0 Å². The van der Waals surface area contributed by atoms with E-state index in [2.05, 4.69) is 384 Å². The Kier molecular flexibility index (Phi) is 16.2. The van der Waals surface area contributed by atoms with Crippen LogP contribution >= 0.6 is 0 Å². The number of benzene rings is 12. The molecule has 4 heteroatoms. The van der Waals surface area contributed by atoms with Crippen LogP contribution in [0.5, 0.6) is 0 Å². The fourth-order valence-corrected chi connectivity index (χ4v) is 17.8. The summed E-state index contributed by atoms with van der Waals surface area (Å²) in [6.07, 6.45) is 9.87. The van der Waals surface area contributed by atoms with Crippen molar-refractivity contribution in [3.63, 3.8) is 0 Å². The van der Waals surface area contributed by atoms with Gasteiger partial charge >= 0.3 is 0 Å². The normalized spacial score (nSPS) is 12.0. The molecular formula is C101H90N4+4. The van der Waals surface area contributed by atoms with Crippen molar-refractivity contribution in [1.82, 2.24) is 0 Å². The number of nitrogens with zero attached hydrogens (tertiary/aromatic N) is 4. The lowest BCUT2D eigenvalue weighted by Crippen LogP contribution is -2.31. The number of fused-ring (bicyclic) bond motifs is 12. The fourth-order valence-electron chi connectivity index (χ4n) is 17.8. The molecule has 20 rings (SSSR count). The molecule has 12 aromatic carbocycles. The summed E-state index contributed by atoms with van der Waals surface area (Å²) in [4.78, 5) is 0. The van der Waals surface area contributed by atoms with Gasteiger partial charge in [-0.1, -0.05) is 191 Å². The minimum absolute atomic E-state index is 0.275. The average Bonchev–Trinajstić information content (AvgIpc) is 1.56. The van der Waals surface area contributed by atoms with E-state index in [9.17, 15) is 0 Å². The van der Waals surface area contributed by atoms with Gasteiger partial charge in [0, 0.05) is 47.5 Å². The Balaban J connectivity index is 0.000000103. The standard InChI is InChI=1S/C28H28N.C25H22N.2C24H20N/c1-18-20-11-8-12-23-21-9-6-7-10-22(21)25(27(20)23)16-24(18)26-15-19(13-14-29(26)5)17-28(2,3)4;1-15-12-24(26(4)14-16(15)2)22-13-23-20-9-6-5-8-19(20)21-11-7-10-18(17(22)3)25(21)23;1-15-11-12-23(25(3)14-15)21-13-22-19-8-5-4-7-18(19)20-10-6-9-17(16(21)2)24(20)22;1-15-11-12-25(3)23(13-15)21-14-22-19-8-5-4-7-18(19)20-10-6-9-17(16(21)2)24(20)22/h6-16H,17H2,1-5H3;5-14H,1-4H3;2*4-14H,1-3H3/q4*+1. The zero-order valence-corrected chi connectivity index (χ0v) is 63.3. The van der Waals surface area contributed by atoms with Gasteiger partial charge in [0.05, 0.1) is 22.3 Å². The first-order valence-corrected chi connectivity index (χ1v) is 37.2. The van der Waals surface area contributed by atoms with E-state index in [0.29, 0.717) is 0 Å². The third-order valence-electron chi connectivity index (χ3n) is 23.1. The van der Waals surface area contributed by atoms with Crippen molar-refractivity contribution in [1.29, 1.82) is 0 Å². The molecule has 0 amide bonds. The summed E-state index contributed by atoms with van der Waals surface area (Å²) in [5.74, 6) is 0. The predicted octanol–water partition coefficient (Wildman–Crippen LogP) is 24.0. The maximum absolute atomic E-state index is 2.42. The molecule has 4 heterocycles. The van der Waals surface area contributed by atoms with Crippen LogP contribution in [0.1, 0.15) is 70.8 Å². The van der Waals surface area contributed by atoms with Gasteiger partial charge in [-0.25, -0.2) is 18.3 Å². The molecule has 0 unspecified atom stereocenters. The lowest BCUT2D eigenvalue weighted by molar-refractivity contribution is -0.660. The van der Waals surface area contributed by atoms with Crippen LogP contribution in [0.25, 0.3) is 177 Å². The molecule has 0 radical (unpaired) electrons. The molecule has 0 spiro atoms. The first-order valence-electron chi connectivity index (χ1n) is 37.2. The molecule has 0 saturated heterocycles. The molecule has 4 aliphatic rings. The molecule has 0 fully saturated rings. The highest BCUT2D eigenvalue weighted by Crippen LogP contribution is 2.54. The largest absolute Gasteiger partial charge is 0.212 e. The lowest BCUT2D eigenvalue weighted by atomic mass is 9.87. The maximum Gasteiger partial charge on any atom is 0.212 e. The second-order valence-corrected chi connectivity index (χ2v) is 31.3. The van der Waals surface area contributed by atoms with Crippen LogP contribution in [0.3, 0.4) is 0 Å². The van der Waals surface area contributed by atoms with Gasteiger partial charge in [0.15, 0.2) is 24.8 Å². The number of hydrogen-bond donors (Lipinski definition) is 0. The Morgan fingerprint density at radius 1 is 0.238 bits per heavy atom. The van der Waals surface area contributed by atoms with Gasteiger partial charge in [0.25, 0.3) is 0 Å². The Labute approximate surface area is 619 Å². The molecule has 0 bridgehead atoms. The van der Waals surface area contributed by atoms with Crippen LogP contribution in [0.15, 0.2) is 261 Å². The molecule has 0 aliphatic heterocycles. The van der Waals surface area contributed by atoms with Crippen molar-refractivity contribution < 1.29 is 18.3 Å². The van der Waals surface area contributed by atoms with Crippen LogP contribution in [0, 0.1) is 60.8 Å². The monoisotopic (exact) mass is 1360 g/mol. The maximum atomic E-state index is 2.42. The van der Waals surface area contributed by atoms with Crippen LogP contribution in [-0.2, 0) is 34.6 Å². The van der Waals surface area contributed by atoms with E-state index in [1.54, 1.807) is 0 Å². The summed E-state index contributed by atoms with van der Waals surface area (Å²) in [7, 11) is 8.57. The average molecular weight is 1360 g/mol. The van der Waals surface area contributed by atoms with E-state index in [1.807, 2.05) is 0 Å². The zero-order chi connectivity index (χ0) is 72.6. The van der Waals surface area contributed by atoms with E-state index >= 15 is 0 Å². The molecule has 4 aliphatic carbocycles. The van der Waals surface area contributed by atoms with Gasteiger partial charge in [-0.05, 0) is 269 Å². The van der Waals surface area contributed by atoms with Crippen LogP contribution in [0.2, 0.25) is 0 Å². The van der Waals surface area contributed by atoms with Gasteiger partial charge in [0.1, 0.15) is 28.2 Å². The molecule has 0 atom stereocenters. The number of pyridine rings is 4. The van der Waals surface area contributed by atoms with Gasteiger partial charge in [0.2, 0.25) is 22.8 Å². The van der Waals surface area contributed by atoms with Gasteiger partial charge in [-0.2, -0.15) is 0 Å². The quantitative estimate of drug-likeness (QED) is 0.153. The van der Waals surface area contributed by atoms with Gasteiger partial charge in [-0.15, -0.1) is 0 Å². The molecule has 510 valence electrons. The number of rotatable bonds is 5. The number of aromatic nitrogens is 4. The smallest absolute Gasteiger partial charge is 0.201 e. The zero-order valence-electron chi connectivity index (χ0n) is 63.3. The fraction of sp³-hybridized carbons (Fsp3) is 0.168. The lowest BCUT2D eigenvalue weighted by Gasteiger charge is -2.18. The molecule has 4 aromatic heterocycles. The second kappa shape index (κ2) is 25.6. The van der Waals surface area contributed by atoms with Crippen LogP contribution < -0.4 is 18.3 Å². The molecule has 16 aromatic rings. The van der Waals surface area contributed by atoms with Crippen molar-refractivity contribution in [2.75, 3.05) is 0 Å². The summed E-state index contributed by atoms with van der Waals surface area (Å²) < 4.78 is 8.98. The molecule has 0 saturated carbocycles. The van der Waals surface area contributed by atoms with Gasteiger partial charge in [-0.3, -0.25) is 0 Å². The van der Waals surface area contributed by atoms with Crippen LogP contribution in [-0.4, -0.2) is 0 Å². The Hall–Kier alpha value is -11.7. The SMILES string of the molecule is Cc1c(-c2cc(CC(C)(C)C)cc[n+]2C)cc2c3c(cccc13)-c1ccccc1-2.Cc1cc(-c2cc3c4c(cccc4c2C)-c2ccccc2-3)[n+](C)cc1C.Cc1cc[n+](C)c(-c2cc3c4c(cccc4c2C)-c2ccccc2-3)c1.Cc1ccc(-c2cc3c4c(cccc4c2C)-c2ccccc2-3)[n+](C)c1. The molecule has 105 heavy (non-hydrogen) atoms. The first-order chi connectivity index (χ1) is 50.7. The summed E-state index contributed by atoms with van der Waals surface area (Å²) in [6.45, 7) is 24.6. The Morgan fingerprint density at radius 3 is 0.914 bits per heavy atom. The predicted molar refractivity (Wildman–Crippen MR) is 441 cm³/mol. The van der Waals surface area contributed by atoms with E-state index in [0.717, 1.165) is 6.42 Å². The third-order valence-corrected chi connectivity index (χ3v) is 23.1. The Bertz CT molecular complexity index is 6370. The third kappa shape index (κ3) is 11.1. The highest BCUT2D eigenvalue weighted by molar-refractivity contribution is 6.21. The molecule has 4 nitrogen and oxygen atoms in total. The highest BCUT2D eigenvalue weighted by Gasteiger charge is 2.31. The van der Waals surface area contributed by atoms with Crippen molar-refractivity contribution >= 4 is 43.1 Å². The molecular weight excluding hydrogens is 1270 g/mol. The van der Waals surface area contributed by atoms with Crippen LogP contribution in [0.4, 0.5) is 0 Å². The number of hydrogen-bond acceptors (Lipinski definition) is 0. The number of aryl methyl sites for hydroxylation is 12. The van der Waals surface area contributed by atoms with E-state index in [1.165, 1.54) is 227 Å². The first kappa shape index (κ1) is 66.5. The summed E-state index contributed by atoms with van der Waals surface area (Å²) in [5, 5.41) is 11.1. The summed E-state index contributed by atoms with van der Waals surface area (Å²) in [6, 6.07) is 87.5. The summed E-state index contributed by atoms with van der Waals surface area (Å²) >= 11 is 0. The van der Waals surface area contributed by atoms with Crippen molar-refractivity contribution in [3.05, 3.63) is 311 Å². The minimum Gasteiger partial charge on any atom is -0.201 e. The highest BCUT2D eigenvalue weighted by atomic mass is 14.9. The van der Waals surface area contributed by atoms with Crippen molar-refractivity contribution in [2.24, 2.45) is 33.6 Å². The van der Waals surface area contributed by atoms with Gasteiger partial charge < -0.3 is 0 Å².